The van der Waals surface area contributed by atoms with Gasteiger partial charge in [0.1, 0.15) is 4.88 Å². The third kappa shape index (κ3) is 3.21. The molecule has 82 valence electrons. The average molecular weight is 230 g/mol. The minimum Gasteiger partial charge on any atom is -0.481 e. The molecule has 0 aliphatic heterocycles. The van der Waals surface area contributed by atoms with E-state index < -0.39 is 11.9 Å². The van der Waals surface area contributed by atoms with Crippen molar-refractivity contribution < 1.29 is 19.8 Å². The van der Waals surface area contributed by atoms with Gasteiger partial charge in [-0.05, 0) is 6.92 Å². The second kappa shape index (κ2) is 4.74. The Hall–Kier alpha value is -1.63. The Balaban J connectivity index is 2.59. The third-order valence-corrected chi connectivity index (χ3v) is 2.71. The molecule has 0 saturated carbocycles. The molecule has 1 rings (SSSR count). The first-order valence-corrected chi connectivity index (χ1v) is 4.98. The fraction of sp³-hybridized carbons (Fsp3) is 0.375. The first kappa shape index (κ1) is 11.4. The Morgan fingerprint density at radius 1 is 1.47 bits per heavy atom. The molecule has 0 unspecified atom stereocenters. The van der Waals surface area contributed by atoms with Gasteiger partial charge in [-0.25, -0.2) is 9.78 Å². The minimum absolute atomic E-state index is 0.0268. The zero-order chi connectivity index (χ0) is 11.4. The van der Waals surface area contributed by atoms with Gasteiger partial charge in [-0.15, -0.1) is 0 Å². The van der Waals surface area contributed by atoms with E-state index in [1.165, 1.54) is 0 Å². The summed E-state index contributed by atoms with van der Waals surface area (Å²) >= 11 is 1.00. The van der Waals surface area contributed by atoms with Gasteiger partial charge in [0.2, 0.25) is 0 Å². The van der Waals surface area contributed by atoms with Crippen LogP contribution in [0.4, 0.5) is 5.13 Å². The minimum atomic E-state index is -1.02. The molecule has 0 saturated heterocycles. The summed E-state index contributed by atoms with van der Waals surface area (Å²) in [5.74, 6) is -1.93. The van der Waals surface area contributed by atoms with Crippen molar-refractivity contribution in [3.8, 4) is 0 Å². The lowest BCUT2D eigenvalue weighted by Crippen LogP contribution is -2.07. The zero-order valence-corrected chi connectivity index (χ0v) is 8.80. The van der Waals surface area contributed by atoms with Crippen LogP contribution in [0.1, 0.15) is 21.8 Å². The number of aromatic carboxylic acids is 1. The van der Waals surface area contributed by atoms with Crippen molar-refractivity contribution >= 4 is 28.4 Å². The van der Waals surface area contributed by atoms with E-state index in [0.29, 0.717) is 10.8 Å². The molecule has 0 fully saturated rings. The van der Waals surface area contributed by atoms with E-state index >= 15 is 0 Å². The first-order valence-electron chi connectivity index (χ1n) is 4.17. The molecule has 6 nitrogen and oxygen atoms in total. The molecule has 7 heteroatoms. The van der Waals surface area contributed by atoms with E-state index in [4.69, 9.17) is 10.2 Å². The highest BCUT2D eigenvalue weighted by Gasteiger charge is 2.13. The van der Waals surface area contributed by atoms with Crippen LogP contribution >= 0.6 is 11.3 Å². The van der Waals surface area contributed by atoms with Gasteiger partial charge in [0.25, 0.3) is 0 Å². The lowest BCUT2D eigenvalue weighted by molar-refractivity contribution is -0.136. The predicted octanol–water partition coefficient (Wildman–Crippen LogP) is 1.04. The lowest BCUT2D eigenvalue weighted by Gasteiger charge is -1.97. The second-order valence-corrected chi connectivity index (χ2v) is 3.81. The van der Waals surface area contributed by atoms with E-state index in [9.17, 15) is 9.59 Å². The normalized spacial score (nSPS) is 9.93. The largest absolute Gasteiger partial charge is 0.481 e. The SMILES string of the molecule is Cc1nc(NCCC(=O)O)sc1C(=O)O. The lowest BCUT2D eigenvalue weighted by atomic mass is 10.4. The molecule has 0 aliphatic carbocycles. The Morgan fingerprint density at radius 3 is 2.60 bits per heavy atom. The number of aryl methyl sites for hydroxylation is 1. The highest BCUT2D eigenvalue weighted by atomic mass is 32.1. The van der Waals surface area contributed by atoms with Gasteiger partial charge in [0.15, 0.2) is 5.13 Å². The van der Waals surface area contributed by atoms with Crippen LogP contribution in [-0.2, 0) is 4.79 Å². The molecule has 0 radical (unpaired) electrons. The summed E-state index contributed by atoms with van der Waals surface area (Å²) < 4.78 is 0. The third-order valence-electron chi connectivity index (χ3n) is 1.61. The quantitative estimate of drug-likeness (QED) is 0.698. The molecular formula is C8H10N2O4S. The summed E-state index contributed by atoms with van der Waals surface area (Å²) in [5, 5.41) is 20.3. The molecule has 3 N–H and O–H groups in total. The molecule has 0 bridgehead atoms. The van der Waals surface area contributed by atoms with Crippen molar-refractivity contribution in [2.45, 2.75) is 13.3 Å². The molecule has 1 aromatic rings. The second-order valence-electron chi connectivity index (χ2n) is 2.81. The zero-order valence-electron chi connectivity index (χ0n) is 7.98. The molecule has 0 spiro atoms. The Kier molecular flexibility index (Phi) is 3.62. The number of carbonyl (C=O) groups is 2. The van der Waals surface area contributed by atoms with Crippen molar-refractivity contribution in [3.05, 3.63) is 10.6 Å². The summed E-state index contributed by atoms with van der Waals surface area (Å²) in [6.07, 6.45) is -0.0268. The number of carboxylic acids is 2. The van der Waals surface area contributed by atoms with Gasteiger partial charge in [0.05, 0.1) is 12.1 Å². The predicted molar refractivity (Wildman–Crippen MR) is 54.6 cm³/mol. The van der Waals surface area contributed by atoms with Crippen molar-refractivity contribution in [2.75, 3.05) is 11.9 Å². The fourth-order valence-electron chi connectivity index (χ4n) is 0.947. The molecular weight excluding hydrogens is 220 g/mol. The van der Waals surface area contributed by atoms with Crippen molar-refractivity contribution in [3.63, 3.8) is 0 Å². The van der Waals surface area contributed by atoms with Crippen LogP contribution in [0.3, 0.4) is 0 Å². The maximum absolute atomic E-state index is 10.7. The number of carboxylic acid groups (broad SMARTS) is 2. The van der Waals surface area contributed by atoms with Crippen LogP contribution < -0.4 is 5.32 Å². The van der Waals surface area contributed by atoms with Crippen LogP contribution in [0.2, 0.25) is 0 Å². The first-order chi connectivity index (χ1) is 7.00. The standard InChI is InChI=1S/C8H10N2O4S/c1-4-6(7(13)14)15-8(10-4)9-3-2-5(11)12/h2-3H2,1H3,(H,9,10)(H,11,12)(H,13,14). The molecule has 1 heterocycles. The number of hydrogen-bond donors (Lipinski definition) is 3. The van der Waals surface area contributed by atoms with E-state index in [0.717, 1.165) is 11.3 Å². The number of aromatic nitrogens is 1. The van der Waals surface area contributed by atoms with Crippen LogP contribution in [0.5, 0.6) is 0 Å². The number of nitrogens with zero attached hydrogens (tertiary/aromatic N) is 1. The van der Waals surface area contributed by atoms with Gasteiger partial charge in [0, 0.05) is 6.54 Å². The van der Waals surface area contributed by atoms with Gasteiger partial charge in [-0.2, -0.15) is 0 Å². The molecule has 0 amide bonds. The van der Waals surface area contributed by atoms with Crippen molar-refractivity contribution in [1.82, 2.24) is 4.98 Å². The van der Waals surface area contributed by atoms with E-state index in [1.54, 1.807) is 6.92 Å². The topological polar surface area (TPSA) is 99.5 Å². The van der Waals surface area contributed by atoms with E-state index in [-0.39, 0.29) is 17.8 Å². The van der Waals surface area contributed by atoms with Gasteiger partial charge < -0.3 is 15.5 Å². The van der Waals surface area contributed by atoms with Crippen LogP contribution in [0.25, 0.3) is 0 Å². The summed E-state index contributed by atoms with van der Waals surface area (Å²) in [7, 11) is 0. The van der Waals surface area contributed by atoms with Crippen LogP contribution in [-0.4, -0.2) is 33.7 Å². The van der Waals surface area contributed by atoms with E-state index in [2.05, 4.69) is 10.3 Å². The summed E-state index contributed by atoms with van der Waals surface area (Å²) in [6, 6.07) is 0. The molecule has 1 aromatic heterocycles. The number of aliphatic carboxylic acids is 1. The van der Waals surface area contributed by atoms with Gasteiger partial charge in [-0.3, -0.25) is 4.79 Å². The Morgan fingerprint density at radius 2 is 2.13 bits per heavy atom. The molecule has 15 heavy (non-hydrogen) atoms. The average Bonchev–Trinajstić information content (AvgIpc) is 2.46. The molecule has 0 aromatic carbocycles. The highest BCUT2D eigenvalue weighted by Crippen LogP contribution is 2.22. The summed E-state index contributed by atoms with van der Waals surface area (Å²) in [4.78, 5) is 25.0. The number of anilines is 1. The van der Waals surface area contributed by atoms with Crippen LogP contribution in [0.15, 0.2) is 0 Å². The molecule has 0 atom stereocenters. The maximum atomic E-state index is 10.7. The number of rotatable bonds is 5. The Bertz CT molecular complexity index is 388. The van der Waals surface area contributed by atoms with Gasteiger partial charge in [-0.1, -0.05) is 11.3 Å². The molecule has 0 aliphatic rings. The Labute approximate surface area is 89.6 Å². The highest BCUT2D eigenvalue weighted by molar-refractivity contribution is 7.17. The number of hydrogen-bond acceptors (Lipinski definition) is 5. The summed E-state index contributed by atoms with van der Waals surface area (Å²) in [5.41, 5.74) is 0.435. The monoisotopic (exact) mass is 230 g/mol. The summed E-state index contributed by atoms with van der Waals surface area (Å²) in [6.45, 7) is 1.84. The number of nitrogens with one attached hydrogen (secondary N) is 1. The number of thiazole rings is 1. The van der Waals surface area contributed by atoms with Crippen molar-refractivity contribution in [1.29, 1.82) is 0 Å². The van der Waals surface area contributed by atoms with Crippen molar-refractivity contribution in [2.24, 2.45) is 0 Å². The van der Waals surface area contributed by atoms with Crippen LogP contribution in [0, 0.1) is 6.92 Å². The fourth-order valence-corrected chi connectivity index (χ4v) is 1.78. The van der Waals surface area contributed by atoms with E-state index in [1.807, 2.05) is 0 Å². The van der Waals surface area contributed by atoms with Gasteiger partial charge >= 0.3 is 11.9 Å². The smallest absolute Gasteiger partial charge is 0.347 e. The maximum Gasteiger partial charge on any atom is 0.347 e.